The Labute approximate surface area is 527 Å². The largest absolute Gasteiger partial charge is 0.508 e. The average Bonchev–Trinajstić information content (AvgIpc) is 1.57. The van der Waals surface area contributed by atoms with Gasteiger partial charge < -0.3 is 31.1 Å². The van der Waals surface area contributed by atoms with Crippen molar-refractivity contribution in [1.82, 2.24) is 0 Å². The molecular formula is C83H52N2O6. The Morgan fingerprint density at radius 3 is 0.978 bits per heavy atom. The average molecular weight is 1170 g/mol. The van der Waals surface area contributed by atoms with Gasteiger partial charge in [-0.1, -0.05) is 193 Å². The highest BCUT2D eigenvalue weighted by molar-refractivity contribution is 6.10. The van der Waals surface area contributed by atoms with Crippen LogP contribution in [0.5, 0.6) is 23.0 Å². The van der Waals surface area contributed by atoms with Gasteiger partial charge in [-0.15, -0.1) is 0 Å². The monoisotopic (exact) mass is 1170 g/mol. The lowest BCUT2D eigenvalue weighted by atomic mass is 9.64. The van der Waals surface area contributed by atoms with Crippen LogP contribution in [-0.2, 0) is 5.41 Å². The third-order valence-electron chi connectivity index (χ3n) is 15.9. The number of carbonyl (C=O) groups is 2. The molecule has 0 atom stereocenters. The summed E-state index contributed by atoms with van der Waals surface area (Å²) in [6.45, 7) is 0. The van der Waals surface area contributed by atoms with Gasteiger partial charge in [-0.2, -0.15) is 0 Å². The molecule has 13 rings (SSSR count). The fraction of sp³-hybridized carbons (Fsp3) is 0.0120. The van der Waals surface area contributed by atoms with Crippen LogP contribution >= 0.6 is 0 Å². The zero-order chi connectivity index (χ0) is 62.3. The van der Waals surface area contributed by atoms with Gasteiger partial charge in [0, 0.05) is 55.6 Å². The maximum absolute atomic E-state index is 15.1. The number of aromatic hydroxyl groups is 4. The van der Waals surface area contributed by atoms with E-state index in [1.807, 2.05) is 170 Å². The van der Waals surface area contributed by atoms with E-state index in [-0.39, 0.29) is 56.6 Å². The number of rotatable bonds is 8. The minimum Gasteiger partial charge on any atom is -0.508 e. The molecule has 1 aliphatic carbocycles. The molecule has 0 heterocycles. The second kappa shape index (κ2) is 25.2. The van der Waals surface area contributed by atoms with E-state index >= 15 is 9.59 Å². The van der Waals surface area contributed by atoms with Gasteiger partial charge in [-0.3, -0.25) is 9.59 Å². The third-order valence-corrected chi connectivity index (χ3v) is 15.9. The van der Waals surface area contributed by atoms with Crippen LogP contribution in [0.2, 0.25) is 0 Å². The Kier molecular flexibility index (Phi) is 15.8. The summed E-state index contributed by atoms with van der Waals surface area (Å²) >= 11 is 0. The van der Waals surface area contributed by atoms with E-state index in [4.69, 9.17) is 0 Å². The Morgan fingerprint density at radius 2 is 0.593 bits per heavy atom. The van der Waals surface area contributed by atoms with Crippen molar-refractivity contribution in [3.8, 4) is 104 Å². The van der Waals surface area contributed by atoms with Crippen LogP contribution < -0.4 is 10.6 Å². The Morgan fingerprint density at radius 1 is 0.275 bits per heavy atom. The second-order valence-corrected chi connectivity index (χ2v) is 21.6. The van der Waals surface area contributed by atoms with Crippen LogP contribution in [0, 0.1) is 47.4 Å². The molecule has 0 unspecified atom stereocenters. The molecule has 1 aliphatic rings. The van der Waals surface area contributed by atoms with Crippen LogP contribution in [-0.4, -0.2) is 32.2 Å². The lowest BCUT2D eigenvalue weighted by Gasteiger charge is -2.37. The molecule has 8 nitrogen and oxygen atoms in total. The topological polar surface area (TPSA) is 139 Å². The molecule has 2 amide bonds. The summed E-state index contributed by atoms with van der Waals surface area (Å²) in [7, 11) is 0. The first-order valence-electron chi connectivity index (χ1n) is 29.3. The van der Waals surface area contributed by atoms with Gasteiger partial charge in [0.15, 0.2) is 0 Å². The normalized spacial score (nSPS) is 11.3. The number of anilines is 2. The molecule has 0 spiro atoms. The second-order valence-electron chi connectivity index (χ2n) is 21.6. The zero-order valence-electron chi connectivity index (χ0n) is 48.7. The highest BCUT2D eigenvalue weighted by Gasteiger charge is 2.49. The van der Waals surface area contributed by atoms with Crippen molar-refractivity contribution in [1.29, 1.82) is 0 Å². The highest BCUT2D eigenvalue weighted by Crippen LogP contribution is 2.61. The van der Waals surface area contributed by atoms with Crippen LogP contribution in [0.15, 0.2) is 279 Å². The van der Waals surface area contributed by atoms with Crippen LogP contribution in [0.25, 0.3) is 33.4 Å². The van der Waals surface area contributed by atoms with Crippen molar-refractivity contribution in [3.05, 3.63) is 357 Å². The standard InChI is InChI=1S/C83H52N2O6/c86-63-41-47-75(71(53-63)67-45-49-77(88)69(43-39-57-23-9-3-10-24-57)79(67)84-81(90)61-29-17-27-59(51-61)37-35-55-19-5-1-6-20-55)83(73-33-15-13-31-65(73)66-32-14-16-34-74(66)83)76-48-42-64(87)54-72(76)68-46-50-78(89)70(44-40-58-25-11-4-12-26-58)80(68)85-82(91)62-30-18-28-60(52-62)38-36-56-21-7-2-8-22-56/h1-34,41-42,45-54,86-89H,(H,84,90)(H,85,91). The first-order valence-corrected chi connectivity index (χ1v) is 29.3. The van der Waals surface area contributed by atoms with Crippen molar-refractivity contribution in [2.24, 2.45) is 0 Å². The van der Waals surface area contributed by atoms with Crippen LogP contribution in [0.4, 0.5) is 11.4 Å². The van der Waals surface area contributed by atoms with E-state index in [2.05, 4.69) is 82.3 Å². The summed E-state index contributed by atoms with van der Waals surface area (Å²) in [6.07, 6.45) is 0. The number of hydrogen-bond acceptors (Lipinski definition) is 6. The number of hydrogen-bond donors (Lipinski definition) is 6. The van der Waals surface area contributed by atoms with Crippen molar-refractivity contribution >= 4 is 23.2 Å². The van der Waals surface area contributed by atoms with Crippen LogP contribution in [0.1, 0.15) is 87.5 Å². The molecule has 0 fully saturated rings. The van der Waals surface area contributed by atoms with Crippen molar-refractivity contribution in [3.63, 3.8) is 0 Å². The molecule has 12 aromatic carbocycles. The van der Waals surface area contributed by atoms with E-state index < -0.39 is 17.2 Å². The number of phenolic OH excluding ortho intramolecular Hbond substituents is 4. The summed E-state index contributed by atoms with van der Waals surface area (Å²) in [5.41, 5.74) is 10.1. The van der Waals surface area contributed by atoms with Gasteiger partial charge >= 0.3 is 0 Å². The number of benzene rings is 12. The maximum atomic E-state index is 15.1. The summed E-state index contributed by atoms with van der Waals surface area (Å²) in [5, 5.41) is 54.4. The minimum atomic E-state index is -1.39. The molecule has 0 radical (unpaired) electrons. The van der Waals surface area contributed by atoms with Gasteiger partial charge in [0.2, 0.25) is 0 Å². The van der Waals surface area contributed by atoms with Gasteiger partial charge in [0.1, 0.15) is 23.0 Å². The van der Waals surface area contributed by atoms with E-state index in [9.17, 15) is 20.4 Å². The predicted molar refractivity (Wildman–Crippen MR) is 360 cm³/mol. The smallest absolute Gasteiger partial charge is 0.255 e. The Balaban J connectivity index is 1.05. The van der Waals surface area contributed by atoms with Crippen molar-refractivity contribution in [2.45, 2.75) is 5.41 Å². The Hall–Kier alpha value is -13.0. The molecule has 430 valence electrons. The molecule has 0 aliphatic heterocycles. The number of phenols is 4. The first kappa shape index (κ1) is 57.1. The van der Waals surface area contributed by atoms with Gasteiger partial charge in [0.05, 0.1) is 27.9 Å². The summed E-state index contributed by atoms with van der Waals surface area (Å²) in [4.78, 5) is 30.1. The maximum Gasteiger partial charge on any atom is 0.255 e. The quantitative estimate of drug-likeness (QED) is 0.0838. The fourth-order valence-corrected chi connectivity index (χ4v) is 11.8. The lowest BCUT2D eigenvalue weighted by molar-refractivity contribution is 0.101. The van der Waals surface area contributed by atoms with Gasteiger partial charge in [-0.25, -0.2) is 0 Å². The van der Waals surface area contributed by atoms with E-state index in [0.29, 0.717) is 55.6 Å². The number of amides is 2. The van der Waals surface area contributed by atoms with E-state index in [1.165, 1.54) is 12.1 Å². The third kappa shape index (κ3) is 11.6. The molecule has 0 saturated heterocycles. The minimum absolute atomic E-state index is 0.105. The Bertz CT molecular complexity index is 4790. The zero-order valence-corrected chi connectivity index (χ0v) is 48.7. The molecule has 0 bridgehead atoms. The summed E-state index contributed by atoms with van der Waals surface area (Å²) in [5.74, 6) is 23.9. The summed E-state index contributed by atoms with van der Waals surface area (Å²) < 4.78 is 0. The van der Waals surface area contributed by atoms with Crippen molar-refractivity contribution < 1.29 is 30.0 Å². The molecule has 0 saturated carbocycles. The highest BCUT2D eigenvalue weighted by atomic mass is 16.3. The molecule has 91 heavy (non-hydrogen) atoms. The van der Waals surface area contributed by atoms with Gasteiger partial charge in [-0.05, 0) is 178 Å². The lowest BCUT2D eigenvalue weighted by Crippen LogP contribution is -2.30. The van der Waals surface area contributed by atoms with Gasteiger partial charge in [0.25, 0.3) is 11.8 Å². The first-order chi connectivity index (χ1) is 44.6. The molecule has 12 aromatic rings. The molecule has 8 heteroatoms. The number of nitrogens with one attached hydrogen (secondary N) is 2. The SMILES string of the molecule is O=C(Nc1c(-c2cc(O)ccc2C2(c3ccc(O)cc3-c3ccc(O)c(C#Cc4ccccc4)c3NC(=O)c3cccc(C#Cc4ccccc4)c3)c3ccccc3-c3ccccc32)ccc(O)c1C#Cc1ccccc1)c1cccc(C#Cc2ccccc2)c1. The predicted octanol–water partition coefficient (Wildman–Crippen LogP) is 16.3. The number of fused-ring (bicyclic) bond motifs is 3. The number of carbonyl (C=O) groups excluding carboxylic acids is 2. The molecule has 0 aromatic heterocycles. The van der Waals surface area contributed by atoms with E-state index in [1.54, 1.807) is 72.8 Å². The summed E-state index contributed by atoms with van der Waals surface area (Å²) in [6, 6.07) is 84.4. The van der Waals surface area contributed by atoms with E-state index in [0.717, 1.165) is 33.4 Å². The molecule has 6 N–H and O–H groups in total. The molecular weight excluding hydrogens is 1120 g/mol. The van der Waals surface area contributed by atoms with Crippen LogP contribution in [0.3, 0.4) is 0 Å². The van der Waals surface area contributed by atoms with Crippen molar-refractivity contribution in [2.75, 3.05) is 10.6 Å². The fourth-order valence-electron chi connectivity index (χ4n) is 11.8.